The van der Waals surface area contributed by atoms with Crippen molar-refractivity contribution >= 4 is 28.8 Å². The van der Waals surface area contributed by atoms with Crippen LogP contribution in [0.25, 0.3) is 0 Å². The molecule has 3 nitrogen and oxygen atoms in total. The number of fused-ring (bicyclic) bond motifs is 2. The standard InChI is InChI=1S/C17H16ClNO2S/c18-15-6-5-13(22-15)9-16(20)19-8-7-17(11-19)14-4-2-1-3-12(14)10-21-17/h1-6H,7-11H2. The second-order valence-electron chi connectivity index (χ2n) is 5.89. The molecule has 5 heteroatoms. The number of rotatable bonds is 2. The summed E-state index contributed by atoms with van der Waals surface area (Å²) in [6.07, 6.45) is 1.30. The molecule has 2 aromatic rings. The lowest BCUT2D eigenvalue weighted by molar-refractivity contribution is -0.131. The van der Waals surface area contributed by atoms with Crippen LogP contribution < -0.4 is 0 Å². The average molecular weight is 334 g/mol. The van der Waals surface area contributed by atoms with Gasteiger partial charge in [0.2, 0.25) is 5.91 Å². The van der Waals surface area contributed by atoms with E-state index in [-0.39, 0.29) is 11.5 Å². The normalized spacial score (nSPS) is 23.2. The molecule has 114 valence electrons. The fourth-order valence-corrected chi connectivity index (χ4v) is 4.50. The summed E-state index contributed by atoms with van der Waals surface area (Å²) < 4.78 is 6.82. The fourth-order valence-electron chi connectivity index (χ4n) is 3.42. The number of likely N-dealkylation sites (tertiary alicyclic amines) is 1. The van der Waals surface area contributed by atoms with Gasteiger partial charge in [-0.1, -0.05) is 35.9 Å². The summed E-state index contributed by atoms with van der Waals surface area (Å²) in [6.45, 7) is 2.06. The van der Waals surface area contributed by atoms with Crippen LogP contribution in [0.3, 0.4) is 0 Å². The molecule has 1 aromatic carbocycles. The number of carbonyl (C=O) groups excluding carboxylic acids is 1. The van der Waals surface area contributed by atoms with Crippen LogP contribution in [-0.2, 0) is 28.2 Å². The maximum atomic E-state index is 12.5. The zero-order valence-corrected chi connectivity index (χ0v) is 13.6. The van der Waals surface area contributed by atoms with Crippen molar-refractivity contribution in [3.63, 3.8) is 0 Å². The van der Waals surface area contributed by atoms with Gasteiger partial charge in [0.05, 0.1) is 23.9 Å². The van der Waals surface area contributed by atoms with Gasteiger partial charge < -0.3 is 9.64 Å². The topological polar surface area (TPSA) is 29.5 Å². The van der Waals surface area contributed by atoms with Crippen LogP contribution >= 0.6 is 22.9 Å². The van der Waals surface area contributed by atoms with Crippen LogP contribution in [0.1, 0.15) is 22.4 Å². The van der Waals surface area contributed by atoms with Crippen molar-refractivity contribution in [3.8, 4) is 0 Å². The highest BCUT2D eigenvalue weighted by molar-refractivity contribution is 7.16. The van der Waals surface area contributed by atoms with Crippen LogP contribution in [0.5, 0.6) is 0 Å². The number of ether oxygens (including phenoxy) is 1. The second-order valence-corrected chi connectivity index (χ2v) is 7.69. The molecule has 1 atom stereocenters. The third-order valence-corrected chi connectivity index (χ3v) is 5.78. The Kier molecular flexibility index (Phi) is 3.48. The minimum atomic E-state index is -0.292. The first kappa shape index (κ1) is 14.2. The summed E-state index contributed by atoms with van der Waals surface area (Å²) in [7, 11) is 0. The van der Waals surface area contributed by atoms with Gasteiger partial charge in [-0.05, 0) is 29.7 Å². The molecule has 0 aliphatic carbocycles. The Bertz CT molecular complexity index is 729. The quantitative estimate of drug-likeness (QED) is 0.840. The van der Waals surface area contributed by atoms with Crippen LogP contribution in [0, 0.1) is 0 Å². The van der Waals surface area contributed by atoms with Gasteiger partial charge in [0.25, 0.3) is 0 Å². The molecule has 1 unspecified atom stereocenters. The van der Waals surface area contributed by atoms with Crippen LogP contribution in [0.2, 0.25) is 4.34 Å². The molecule has 1 fully saturated rings. The Morgan fingerprint density at radius 1 is 1.32 bits per heavy atom. The van der Waals surface area contributed by atoms with Crippen molar-refractivity contribution in [1.29, 1.82) is 0 Å². The van der Waals surface area contributed by atoms with E-state index in [9.17, 15) is 4.79 Å². The molecule has 4 rings (SSSR count). The molecule has 0 N–H and O–H groups in total. The third kappa shape index (κ3) is 2.35. The van der Waals surface area contributed by atoms with Crippen molar-refractivity contribution < 1.29 is 9.53 Å². The summed E-state index contributed by atoms with van der Waals surface area (Å²) in [6, 6.07) is 12.1. The number of carbonyl (C=O) groups is 1. The number of thiophene rings is 1. The van der Waals surface area contributed by atoms with Crippen molar-refractivity contribution in [1.82, 2.24) is 4.90 Å². The van der Waals surface area contributed by atoms with Crippen LogP contribution in [0.15, 0.2) is 36.4 Å². The van der Waals surface area contributed by atoms with Crippen molar-refractivity contribution in [3.05, 3.63) is 56.7 Å². The van der Waals surface area contributed by atoms with Crippen molar-refractivity contribution in [2.75, 3.05) is 13.1 Å². The number of amides is 1. The molecular formula is C17H16ClNO2S. The molecule has 1 amide bonds. The SMILES string of the molecule is O=C(Cc1ccc(Cl)s1)N1CCC2(C1)OCc1ccccc12. The first-order valence-electron chi connectivity index (χ1n) is 7.41. The molecule has 0 saturated carbocycles. The Morgan fingerprint density at radius 3 is 3.00 bits per heavy atom. The van der Waals surface area contributed by atoms with Crippen molar-refractivity contribution in [2.24, 2.45) is 0 Å². The highest BCUT2D eigenvalue weighted by atomic mass is 35.5. The third-order valence-electron chi connectivity index (χ3n) is 4.55. The molecule has 0 radical (unpaired) electrons. The lowest BCUT2D eigenvalue weighted by Crippen LogP contribution is -2.35. The largest absolute Gasteiger partial charge is 0.364 e. The molecule has 1 saturated heterocycles. The predicted molar refractivity (Wildman–Crippen MR) is 87.1 cm³/mol. The molecule has 22 heavy (non-hydrogen) atoms. The smallest absolute Gasteiger partial charge is 0.227 e. The molecule has 1 spiro atoms. The van der Waals surface area contributed by atoms with E-state index < -0.39 is 0 Å². The molecular weight excluding hydrogens is 318 g/mol. The Morgan fingerprint density at radius 2 is 2.18 bits per heavy atom. The van der Waals surface area contributed by atoms with E-state index in [1.165, 1.54) is 22.5 Å². The Balaban J connectivity index is 1.50. The first-order valence-corrected chi connectivity index (χ1v) is 8.60. The van der Waals surface area contributed by atoms with Gasteiger partial charge in [-0.25, -0.2) is 0 Å². The second kappa shape index (κ2) is 5.37. The van der Waals surface area contributed by atoms with Crippen LogP contribution in [-0.4, -0.2) is 23.9 Å². The van der Waals surface area contributed by atoms with Crippen LogP contribution in [0.4, 0.5) is 0 Å². The van der Waals surface area contributed by atoms with E-state index in [2.05, 4.69) is 12.1 Å². The summed E-state index contributed by atoms with van der Waals surface area (Å²) in [5, 5.41) is 0. The highest BCUT2D eigenvalue weighted by Gasteiger charge is 2.46. The first-order chi connectivity index (χ1) is 10.7. The Labute approximate surface area is 138 Å². The summed E-state index contributed by atoms with van der Waals surface area (Å²) in [5.74, 6) is 0.156. The minimum Gasteiger partial charge on any atom is -0.364 e. The number of halogens is 1. The number of hydrogen-bond donors (Lipinski definition) is 0. The van der Waals surface area contributed by atoms with E-state index in [0.717, 1.165) is 22.2 Å². The number of nitrogens with zero attached hydrogens (tertiary/aromatic N) is 1. The van der Waals surface area contributed by atoms with E-state index in [1.807, 2.05) is 29.2 Å². The maximum Gasteiger partial charge on any atom is 0.227 e. The lowest BCUT2D eigenvalue weighted by Gasteiger charge is -2.24. The zero-order chi connectivity index (χ0) is 15.2. The monoisotopic (exact) mass is 333 g/mol. The molecule has 2 aliphatic rings. The fraction of sp³-hybridized carbons (Fsp3) is 0.353. The molecule has 1 aromatic heterocycles. The van der Waals surface area contributed by atoms with Gasteiger partial charge in [-0.15, -0.1) is 11.3 Å². The number of benzene rings is 1. The average Bonchev–Trinajstić information content (AvgIpc) is 3.21. The van der Waals surface area contributed by atoms with Crippen molar-refractivity contribution in [2.45, 2.75) is 25.0 Å². The van der Waals surface area contributed by atoms with E-state index >= 15 is 0 Å². The van der Waals surface area contributed by atoms with Gasteiger partial charge in [0.15, 0.2) is 0 Å². The predicted octanol–water partition coefficient (Wildman–Crippen LogP) is 3.60. The summed E-state index contributed by atoms with van der Waals surface area (Å²) in [4.78, 5) is 15.5. The number of hydrogen-bond acceptors (Lipinski definition) is 3. The van der Waals surface area contributed by atoms with E-state index in [0.29, 0.717) is 19.6 Å². The lowest BCUT2D eigenvalue weighted by atomic mass is 9.92. The van der Waals surface area contributed by atoms with Gasteiger partial charge in [0, 0.05) is 11.4 Å². The van der Waals surface area contributed by atoms with E-state index in [4.69, 9.17) is 16.3 Å². The molecule has 0 bridgehead atoms. The van der Waals surface area contributed by atoms with Gasteiger partial charge in [0.1, 0.15) is 5.60 Å². The summed E-state index contributed by atoms with van der Waals surface area (Å²) in [5.41, 5.74) is 2.21. The van der Waals surface area contributed by atoms with Gasteiger partial charge in [-0.2, -0.15) is 0 Å². The Hall–Kier alpha value is -1.36. The van der Waals surface area contributed by atoms with Gasteiger partial charge in [-0.3, -0.25) is 4.79 Å². The summed E-state index contributed by atoms with van der Waals surface area (Å²) >= 11 is 7.41. The highest BCUT2D eigenvalue weighted by Crippen LogP contribution is 2.43. The molecule has 2 aliphatic heterocycles. The maximum absolute atomic E-state index is 12.5. The molecule has 3 heterocycles. The minimum absolute atomic E-state index is 0.156. The zero-order valence-electron chi connectivity index (χ0n) is 12.0. The van der Waals surface area contributed by atoms with Gasteiger partial charge >= 0.3 is 0 Å². The van der Waals surface area contributed by atoms with E-state index in [1.54, 1.807) is 0 Å².